The van der Waals surface area contributed by atoms with Crippen molar-refractivity contribution in [3.63, 3.8) is 0 Å². The minimum atomic E-state index is -0.0796. The largest absolute Gasteiger partial charge is 0.393 e. The lowest BCUT2D eigenvalue weighted by Gasteiger charge is -2.58. The molecule has 0 aliphatic heterocycles. The van der Waals surface area contributed by atoms with Crippen LogP contribution in [0.4, 0.5) is 0 Å². The molecule has 7 atom stereocenters. The van der Waals surface area contributed by atoms with Crippen molar-refractivity contribution in [1.82, 2.24) is 5.32 Å². The van der Waals surface area contributed by atoms with E-state index in [1.54, 1.807) is 5.57 Å². The quantitative estimate of drug-likeness (QED) is 0.705. The zero-order valence-electron chi connectivity index (χ0n) is 16.5. The van der Waals surface area contributed by atoms with Gasteiger partial charge in [0.25, 0.3) is 0 Å². The van der Waals surface area contributed by atoms with Gasteiger partial charge in [-0.2, -0.15) is 0 Å². The third-order valence-electron chi connectivity index (χ3n) is 9.60. The number of rotatable bonds is 2. The van der Waals surface area contributed by atoms with Crippen molar-refractivity contribution in [1.29, 1.82) is 0 Å². The Morgan fingerprint density at radius 2 is 1.76 bits per heavy atom. The van der Waals surface area contributed by atoms with E-state index in [2.05, 4.69) is 32.2 Å². The summed E-state index contributed by atoms with van der Waals surface area (Å²) in [4.78, 5) is 0. The first kappa shape index (κ1) is 16.8. The highest BCUT2D eigenvalue weighted by Crippen LogP contribution is 2.65. The van der Waals surface area contributed by atoms with Crippen LogP contribution in [0.2, 0.25) is 0 Å². The molecule has 2 heteroatoms. The van der Waals surface area contributed by atoms with Gasteiger partial charge in [0.2, 0.25) is 0 Å². The van der Waals surface area contributed by atoms with Crippen LogP contribution in [0.25, 0.3) is 0 Å². The average Bonchev–Trinajstić information content (AvgIpc) is 3.21. The van der Waals surface area contributed by atoms with Crippen LogP contribution in [0.15, 0.2) is 11.6 Å². The van der Waals surface area contributed by atoms with Gasteiger partial charge in [0.05, 0.1) is 6.10 Å². The van der Waals surface area contributed by atoms with Crippen LogP contribution in [-0.4, -0.2) is 22.8 Å². The molecule has 0 aromatic rings. The molecule has 0 spiro atoms. The number of aliphatic hydroxyl groups excluding tert-OH is 1. The maximum absolute atomic E-state index is 10.1. The molecule has 0 unspecified atom stereocenters. The van der Waals surface area contributed by atoms with Gasteiger partial charge in [0.1, 0.15) is 0 Å². The van der Waals surface area contributed by atoms with Crippen LogP contribution in [0.1, 0.15) is 85.0 Å². The summed E-state index contributed by atoms with van der Waals surface area (Å²) < 4.78 is 0. The van der Waals surface area contributed by atoms with E-state index in [9.17, 15) is 5.11 Å². The lowest BCUT2D eigenvalue weighted by atomic mass is 9.48. The van der Waals surface area contributed by atoms with Crippen molar-refractivity contribution < 1.29 is 5.11 Å². The predicted molar refractivity (Wildman–Crippen MR) is 102 cm³/mol. The predicted octanol–water partition coefficient (Wildman–Crippen LogP) is 4.82. The molecule has 0 saturated heterocycles. The second-order valence-electron chi connectivity index (χ2n) is 11.0. The normalized spacial score (nSPS) is 53.4. The van der Waals surface area contributed by atoms with Crippen molar-refractivity contribution >= 4 is 0 Å². The lowest BCUT2D eigenvalue weighted by Crippen LogP contribution is -2.54. The fourth-order valence-electron chi connectivity index (χ4n) is 7.63. The maximum atomic E-state index is 10.1. The monoisotopic (exact) mass is 343 g/mol. The summed E-state index contributed by atoms with van der Waals surface area (Å²) in [5, 5.41) is 14.2. The van der Waals surface area contributed by atoms with Crippen molar-refractivity contribution in [2.45, 2.75) is 103 Å². The fraction of sp³-hybridized carbons (Fsp3) is 0.913. The Kier molecular flexibility index (Phi) is 3.60. The Morgan fingerprint density at radius 1 is 0.960 bits per heavy atom. The van der Waals surface area contributed by atoms with Crippen LogP contribution < -0.4 is 5.32 Å². The van der Waals surface area contributed by atoms with E-state index in [0.29, 0.717) is 16.4 Å². The zero-order chi connectivity index (χ0) is 17.4. The highest BCUT2D eigenvalue weighted by Gasteiger charge is 2.59. The molecule has 0 amide bonds. The van der Waals surface area contributed by atoms with Gasteiger partial charge in [0, 0.05) is 11.6 Å². The molecular formula is C23H37NO. The summed E-state index contributed by atoms with van der Waals surface area (Å²) in [6.07, 6.45) is 15.4. The lowest BCUT2D eigenvalue weighted by molar-refractivity contribution is -0.0444. The SMILES string of the molecule is CC1(N[C@H]2CC[C@H]3[C@@H]4CC=C5C[C@@H](O)CC[C@]5(C)[C@H]4CC[C@]23C)CC1. The molecule has 0 bridgehead atoms. The number of hydrogen-bond acceptors (Lipinski definition) is 2. The molecule has 5 aliphatic carbocycles. The van der Waals surface area contributed by atoms with Gasteiger partial charge < -0.3 is 10.4 Å². The Morgan fingerprint density at radius 3 is 2.52 bits per heavy atom. The minimum Gasteiger partial charge on any atom is -0.393 e. The zero-order valence-corrected chi connectivity index (χ0v) is 16.5. The van der Waals surface area contributed by atoms with Crippen LogP contribution in [0.5, 0.6) is 0 Å². The Labute approximate surface area is 153 Å². The molecule has 2 nitrogen and oxygen atoms in total. The molecule has 0 radical (unpaired) electrons. The summed E-state index contributed by atoms with van der Waals surface area (Å²) in [5.41, 5.74) is 2.97. The van der Waals surface area contributed by atoms with Crippen molar-refractivity contribution in [2.75, 3.05) is 0 Å². The molecule has 0 aromatic carbocycles. The van der Waals surface area contributed by atoms with E-state index in [-0.39, 0.29) is 6.10 Å². The van der Waals surface area contributed by atoms with Gasteiger partial charge in [-0.1, -0.05) is 25.5 Å². The molecule has 140 valence electrons. The molecule has 25 heavy (non-hydrogen) atoms. The molecule has 0 heterocycles. The van der Waals surface area contributed by atoms with Crippen LogP contribution >= 0.6 is 0 Å². The van der Waals surface area contributed by atoms with E-state index in [0.717, 1.165) is 36.6 Å². The van der Waals surface area contributed by atoms with Gasteiger partial charge in [-0.25, -0.2) is 0 Å². The number of fused-ring (bicyclic) bond motifs is 5. The third kappa shape index (κ3) is 2.42. The molecule has 5 rings (SSSR count). The summed E-state index contributed by atoms with van der Waals surface area (Å²) in [6, 6.07) is 0.748. The highest BCUT2D eigenvalue weighted by molar-refractivity contribution is 5.25. The van der Waals surface area contributed by atoms with Crippen molar-refractivity contribution in [3.05, 3.63) is 11.6 Å². The number of hydrogen-bond donors (Lipinski definition) is 2. The van der Waals surface area contributed by atoms with Gasteiger partial charge in [-0.15, -0.1) is 0 Å². The Hall–Kier alpha value is -0.340. The number of allylic oxidation sites excluding steroid dienone is 1. The van der Waals surface area contributed by atoms with E-state index in [1.807, 2.05) is 0 Å². The standard InChI is InChI=1S/C23H37NO/c1-21(12-13-21)24-20-7-6-18-17-5-4-15-14-16(25)8-10-22(15,2)19(17)9-11-23(18,20)3/h4,16-20,24-25H,5-14H2,1-3H3/t16-,17-,18-,19-,20-,22-,23-/m0/s1. The van der Waals surface area contributed by atoms with Crippen LogP contribution in [0, 0.1) is 28.6 Å². The van der Waals surface area contributed by atoms with E-state index in [4.69, 9.17) is 0 Å². The van der Waals surface area contributed by atoms with Crippen LogP contribution in [-0.2, 0) is 0 Å². The average molecular weight is 344 g/mol. The molecule has 5 aliphatic rings. The second kappa shape index (κ2) is 5.35. The Bertz CT molecular complexity index is 593. The third-order valence-corrected chi connectivity index (χ3v) is 9.60. The number of aliphatic hydroxyl groups is 1. The summed E-state index contributed by atoms with van der Waals surface area (Å²) in [7, 11) is 0. The molecule has 2 N–H and O–H groups in total. The van der Waals surface area contributed by atoms with E-state index >= 15 is 0 Å². The molecule has 4 saturated carbocycles. The van der Waals surface area contributed by atoms with Gasteiger partial charge >= 0.3 is 0 Å². The Balaban J connectivity index is 1.41. The van der Waals surface area contributed by atoms with Crippen molar-refractivity contribution in [2.24, 2.45) is 28.6 Å². The summed E-state index contributed by atoms with van der Waals surface area (Å²) in [6.45, 7) is 7.59. The topological polar surface area (TPSA) is 32.3 Å². The highest BCUT2D eigenvalue weighted by atomic mass is 16.3. The summed E-state index contributed by atoms with van der Waals surface area (Å²) in [5.74, 6) is 2.67. The maximum Gasteiger partial charge on any atom is 0.0577 e. The first-order valence-corrected chi connectivity index (χ1v) is 11.0. The minimum absolute atomic E-state index is 0.0796. The van der Waals surface area contributed by atoms with Gasteiger partial charge in [-0.3, -0.25) is 0 Å². The molecule has 0 aromatic heterocycles. The van der Waals surface area contributed by atoms with Gasteiger partial charge in [0.15, 0.2) is 0 Å². The number of nitrogens with one attached hydrogen (secondary N) is 1. The molecular weight excluding hydrogens is 306 g/mol. The smallest absolute Gasteiger partial charge is 0.0577 e. The van der Waals surface area contributed by atoms with Gasteiger partial charge in [-0.05, 0) is 99.7 Å². The first-order valence-electron chi connectivity index (χ1n) is 11.0. The summed E-state index contributed by atoms with van der Waals surface area (Å²) >= 11 is 0. The van der Waals surface area contributed by atoms with Crippen molar-refractivity contribution in [3.8, 4) is 0 Å². The fourth-order valence-corrected chi connectivity index (χ4v) is 7.63. The van der Waals surface area contributed by atoms with E-state index < -0.39 is 0 Å². The van der Waals surface area contributed by atoms with Crippen LogP contribution in [0.3, 0.4) is 0 Å². The first-order chi connectivity index (χ1) is 11.8. The van der Waals surface area contributed by atoms with E-state index in [1.165, 1.54) is 51.4 Å². The second-order valence-corrected chi connectivity index (χ2v) is 11.0. The molecule has 4 fully saturated rings.